The Morgan fingerprint density at radius 1 is 1.00 bits per heavy atom. The van der Waals surface area contributed by atoms with Crippen LogP contribution in [0.5, 0.6) is 11.5 Å². The second kappa shape index (κ2) is 14.6. The molecular formula is C32H41F3N4O4. The van der Waals surface area contributed by atoms with Gasteiger partial charge < -0.3 is 25.0 Å². The number of aliphatic carboxylic acids is 1. The number of anilines is 1. The number of rotatable bonds is 8. The van der Waals surface area contributed by atoms with E-state index in [2.05, 4.69) is 10.6 Å². The molecule has 2 aliphatic carbocycles. The number of amides is 1. The first-order valence-corrected chi connectivity index (χ1v) is 15.1. The van der Waals surface area contributed by atoms with Crippen molar-refractivity contribution in [3.63, 3.8) is 0 Å². The van der Waals surface area contributed by atoms with E-state index in [1.807, 2.05) is 54.4 Å². The van der Waals surface area contributed by atoms with Crippen molar-refractivity contribution in [2.24, 2.45) is 5.92 Å². The summed E-state index contributed by atoms with van der Waals surface area (Å²) in [5, 5.41) is 7.12. The van der Waals surface area contributed by atoms with Gasteiger partial charge in [-0.1, -0.05) is 56.7 Å². The highest BCUT2D eigenvalue weighted by molar-refractivity contribution is 5.80. The van der Waals surface area contributed by atoms with E-state index in [9.17, 15) is 18.0 Å². The number of nitrogen functional groups attached to an aromatic ring is 1. The van der Waals surface area contributed by atoms with Crippen molar-refractivity contribution < 1.29 is 32.6 Å². The lowest BCUT2D eigenvalue weighted by Gasteiger charge is -2.34. The molecule has 2 saturated carbocycles. The van der Waals surface area contributed by atoms with Crippen LogP contribution in [0.4, 0.5) is 19.1 Å². The van der Waals surface area contributed by atoms with Gasteiger partial charge in [-0.05, 0) is 62.3 Å². The van der Waals surface area contributed by atoms with E-state index < -0.39 is 12.1 Å². The average Bonchev–Trinajstić information content (AvgIpc) is 3.33. The lowest BCUT2D eigenvalue weighted by molar-refractivity contribution is -0.192. The van der Waals surface area contributed by atoms with Crippen molar-refractivity contribution >= 4 is 28.9 Å². The number of nitrogens with zero attached hydrogens (tertiary/aromatic N) is 3. The highest BCUT2D eigenvalue weighted by Crippen LogP contribution is 2.40. The number of hydrogen-bond acceptors (Lipinski definition) is 5. The summed E-state index contributed by atoms with van der Waals surface area (Å²) < 4.78 is 40.1. The number of carbonyl (C=O) groups excluding carboxylic acids is 1. The van der Waals surface area contributed by atoms with Crippen LogP contribution in [0.15, 0.2) is 48.5 Å². The largest absolute Gasteiger partial charge is 0.490 e. The minimum Gasteiger partial charge on any atom is -0.475 e. The maximum absolute atomic E-state index is 13.3. The van der Waals surface area contributed by atoms with Crippen LogP contribution in [0.3, 0.4) is 0 Å². The Morgan fingerprint density at radius 3 is 2.21 bits per heavy atom. The van der Waals surface area contributed by atoms with E-state index in [0.29, 0.717) is 24.3 Å². The van der Waals surface area contributed by atoms with E-state index in [0.717, 1.165) is 41.8 Å². The van der Waals surface area contributed by atoms with E-state index in [-0.39, 0.29) is 11.9 Å². The van der Waals surface area contributed by atoms with Crippen molar-refractivity contribution in [3.8, 4) is 11.5 Å². The first-order valence-electron chi connectivity index (χ1n) is 15.1. The molecule has 0 bridgehead atoms. The van der Waals surface area contributed by atoms with Gasteiger partial charge >= 0.3 is 12.1 Å². The third-order valence-corrected chi connectivity index (χ3v) is 8.61. The molecular weight excluding hydrogens is 561 g/mol. The molecule has 234 valence electrons. The minimum absolute atomic E-state index is 0.158. The van der Waals surface area contributed by atoms with Gasteiger partial charge in [-0.25, -0.2) is 9.78 Å². The molecule has 0 radical (unpaired) electrons. The quantitative estimate of drug-likeness (QED) is 0.273. The molecule has 2 aliphatic rings. The zero-order chi connectivity index (χ0) is 31.0. The van der Waals surface area contributed by atoms with Gasteiger partial charge in [-0.3, -0.25) is 4.79 Å². The molecule has 1 heterocycles. The highest BCUT2D eigenvalue weighted by Gasteiger charge is 2.38. The summed E-state index contributed by atoms with van der Waals surface area (Å²) in [4.78, 5) is 28.9. The maximum atomic E-state index is 13.3. The Morgan fingerprint density at radius 2 is 1.60 bits per heavy atom. The number of carboxylic acids is 1. The lowest BCUT2D eigenvalue weighted by atomic mass is 9.82. The fourth-order valence-corrected chi connectivity index (χ4v) is 6.34. The van der Waals surface area contributed by atoms with Crippen LogP contribution in [0.1, 0.15) is 83.1 Å². The summed E-state index contributed by atoms with van der Waals surface area (Å²) in [5.41, 5.74) is 8.43. The van der Waals surface area contributed by atoms with Crippen LogP contribution in [-0.2, 0) is 9.59 Å². The van der Waals surface area contributed by atoms with Crippen molar-refractivity contribution in [1.29, 1.82) is 0 Å². The number of aromatic nitrogens is 2. The molecule has 8 nitrogen and oxygen atoms in total. The van der Waals surface area contributed by atoms with Gasteiger partial charge in [0.25, 0.3) is 0 Å². The van der Waals surface area contributed by atoms with E-state index in [4.69, 9.17) is 25.4 Å². The predicted molar refractivity (Wildman–Crippen MR) is 159 cm³/mol. The molecule has 43 heavy (non-hydrogen) atoms. The number of nitrogens with two attached hydrogens (primary N) is 1. The van der Waals surface area contributed by atoms with Gasteiger partial charge in [0.15, 0.2) is 0 Å². The minimum atomic E-state index is -5.08. The summed E-state index contributed by atoms with van der Waals surface area (Å²) >= 11 is 0. The smallest absolute Gasteiger partial charge is 0.475 e. The fourth-order valence-electron chi connectivity index (χ4n) is 6.34. The molecule has 0 unspecified atom stereocenters. The van der Waals surface area contributed by atoms with Gasteiger partial charge in [0.2, 0.25) is 11.9 Å². The average molecular weight is 603 g/mol. The van der Waals surface area contributed by atoms with E-state index in [1.54, 1.807) is 0 Å². The molecule has 11 heteroatoms. The summed E-state index contributed by atoms with van der Waals surface area (Å²) in [7, 11) is 2.00. The monoisotopic (exact) mass is 602 g/mol. The second-order valence-corrected chi connectivity index (χ2v) is 11.5. The third-order valence-electron chi connectivity index (χ3n) is 8.61. The number of hydrogen-bond donors (Lipinski definition) is 2. The summed E-state index contributed by atoms with van der Waals surface area (Å²) in [6, 6.07) is 16.4. The zero-order valence-corrected chi connectivity index (χ0v) is 24.6. The van der Waals surface area contributed by atoms with Crippen LogP contribution >= 0.6 is 0 Å². The van der Waals surface area contributed by atoms with Crippen LogP contribution < -0.4 is 10.5 Å². The van der Waals surface area contributed by atoms with Crippen LogP contribution in [-0.4, -0.2) is 50.7 Å². The standard InChI is InChI=1S/C30H40N4O2.C2HF3O2/c1-33(23-13-7-3-8-14-23)29(35)20-19-27(22-11-5-2-6-12-22)34-28-21-25(17-18-26(28)32-30(34)31)36-24-15-9-4-10-16-24;3-2(4,5)1(6)7/h4,9-10,15-18,21-23,27H,2-3,5-8,11-14,19-20H2,1H3,(H2,31,32);(H,6,7)/t27-;/m0./s1. The summed E-state index contributed by atoms with van der Waals surface area (Å²) in [6.45, 7) is 0. The molecule has 2 fully saturated rings. The number of carboxylic acid groups (broad SMARTS) is 1. The van der Waals surface area contributed by atoms with Crippen LogP contribution in [0.25, 0.3) is 11.0 Å². The van der Waals surface area contributed by atoms with Gasteiger partial charge in [-0.2, -0.15) is 13.2 Å². The number of carbonyl (C=O) groups is 2. The lowest BCUT2D eigenvalue weighted by Crippen LogP contribution is -2.38. The predicted octanol–water partition coefficient (Wildman–Crippen LogP) is 7.74. The Bertz CT molecular complexity index is 1350. The Hall–Kier alpha value is -3.76. The molecule has 1 atom stereocenters. The van der Waals surface area contributed by atoms with Gasteiger partial charge in [0, 0.05) is 31.6 Å². The first kappa shape index (κ1) is 32.2. The molecule has 1 aromatic heterocycles. The molecule has 3 aromatic rings. The second-order valence-electron chi connectivity index (χ2n) is 11.5. The summed E-state index contributed by atoms with van der Waals surface area (Å²) in [5.74, 6) is 0.114. The SMILES string of the molecule is CN(C(=O)CC[C@@H](C1CCCCC1)n1c(N)nc2ccc(Oc3ccccc3)cc21)C1CCCCC1.O=C(O)C(F)(F)F. The van der Waals surface area contributed by atoms with Crippen molar-refractivity contribution in [2.45, 2.75) is 95.3 Å². The molecule has 1 amide bonds. The Kier molecular flexibility index (Phi) is 10.9. The molecule has 5 rings (SSSR count). The number of halogens is 3. The number of alkyl halides is 3. The molecule has 0 saturated heterocycles. The normalized spacial score (nSPS) is 17.1. The maximum Gasteiger partial charge on any atom is 0.490 e. The third kappa shape index (κ3) is 8.64. The van der Waals surface area contributed by atoms with Gasteiger partial charge in [0.1, 0.15) is 11.5 Å². The molecule has 0 aliphatic heterocycles. The summed E-state index contributed by atoms with van der Waals surface area (Å²) in [6.07, 6.45) is 8.43. The number of benzene rings is 2. The van der Waals surface area contributed by atoms with Crippen molar-refractivity contribution in [1.82, 2.24) is 14.5 Å². The Balaban J connectivity index is 0.000000541. The van der Waals surface area contributed by atoms with E-state index >= 15 is 0 Å². The number of ether oxygens (including phenoxy) is 1. The number of para-hydroxylation sites is 1. The number of imidazole rings is 1. The van der Waals surface area contributed by atoms with Gasteiger partial charge in [0.05, 0.1) is 11.0 Å². The van der Waals surface area contributed by atoms with Crippen molar-refractivity contribution in [2.75, 3.05) is 12.8 Å². The molecule has 2 aromatic carbocycles. The fraction of sp³-hybridized carbons (Fsp3) is 0.531. The number of fused-ring (bicyclic) bond motifs is 1. The van der Waals surface area contributed by atoms with Gasteiger partial charge in [-0.15, -0.1) is 0 Å². The topological polar surface area (TPSA) is 111 Å². The van der Waals surface area contributed by atoms with Crippen LogP contribution in [0.2, 0.25) is 0 Å². The zero-order valence-electron chi connectivity index (χ0n) is 24.6. The highest BCUT2D eigenvalue weighted by atomic mass is 19.4. The van der Waals surface area contributed by atoms with E-state index in [1.165, 1.54) is 51.4 Å². The van der Waals surface area contributed by atoms with Crippen LogP contribution in [0, 0.1) is 5.92 Å². The first-order chi connectivity index (χ1) is 20.5. The van der Waals surface area contributed by atoms with Crippen molar-refractivity contribution in [3.05, 3.63) is 48.5 Å². The molecule has 3 N–H and O–H groups in total. The molecule has 0 spiro atoms. The Labute approximate surface area is 250 Å².